The summed E-state index contributed by atoms with van der Waals surface area (Å²) >= 11 is 8.98. The summed E-state index contributed by atoms with van der Waals surface area (Å²) in [6.45, 7) is 0. The van der Waals surface area contributed by atoms with E-state index in [1.807, 2.05) is 127 Å². The van der Waals surface area contributed by atoms with E-state index in [0.717, 1.165) is 43.5 Å². The molecule has 2 atom stereocenters. The number of amides is 2. The second-order valence-electron chi connectivity index (χ2n) is 12.3. The Labute approximate surface area is 308 Å². The molecule has 10 heteroatoms. The van der Waals surface area contributed by atoms with Crippen LogP contribution in [0.2, 0.25) is 0 Å². The van der Waals surface area contributed by atoms with Crippen molar-refractivity contribution in [2.75, 3.05) is 5.75 Å². The molecular weight excluding hydrogens is 700 g/mol. The first-order valence-electron chi connectivity index (χ1n) is 16.5. The molecule has 1 N–H and O–H groups in total. The lowest BCUT2D eigenvalue weighted by molar-refractivity contribution is -0.154. The number of hydrogen-bond acceptors (Lipinski definition) is 7. The van der Waals surface area contributed by atoms with Gasteiger partial charge in [0, 0.05) is 32.2 Å². The predicted molar refractivity (Wildman–Crippen MR) is 202 cm³/mol. The molecule has 0 aliphatic carbocycles. The second kappa shape index (κ2) is 14.3. The summed E-state index contributed by atoms with van der Waals surface area (Å²) < 4.78 is 12.5. The van der Waals surface area contributed by atoms with E-state index in [4.69, 9.17) is 20.8 Å². The van der Waals surface area contributed by atoms with Gasteiger partial charge in [0.1, 0.15) is 28.3 Å². The molecule has 0 saturated carbocycles. The van der Waals surface area contributed by atoms with Gasteiger partial charge in [-0.05, 0) is 46.5 Å². The molecule has 7 nitrogen and oxygen atoms in total. The topological polar surface area (TPSA) is 88.9 Å². The number of hydrogen-bond donors (Lipinski definition) is 1. The van der Waals surface area contributed by atoms with Gasteiger partial charge in [-0.15, -0.1) is 23.4 Å². The van der Waals surface area contributed by atoms with Gasteiger partial charge in [-0.25, -0.2) is 4.79 Å². The minimum absolute atomic E-state index is 0.154. The first-order chi connectivity index (χ1) is 25.0. The van der Waals surface area contributed by atoms with Gasteiger partial charge in [0.15, 0.2) is 6.10 Å². The number of fused-ring (bicyclic) bond motifs is 4. The molecule has 2 aliphatic rings. The van der Waals surface area contributed by atoms with Crippen molar-refractivity contribution < 1.29 is 23.5 Å². The van der Waals surface area contributed by atoms with Crippen LogP contribution in [0, 0.1) is 0 Å². The lowest BCUT2D eigenvalue weighted by Gasteiger charge is -2.49. The van der Waals surface area contributed by atoms with E-state index in [9.17, 15) is 14.4 Å². The highest BCUT2D eigenvalue weighted by Gasteiger charge is 2.54. The average Bonchev–Trinajstić information content (AvgIpc) is 3.53. The van der Waals surface area contributed by atoms with E-state index < -0.39 is 23.5 Å². The monoisotopic (exact) mass is 730 g/mol. The molecule has 1 saturated heterocycles. The first kappa shape index (κ1) is 33.2. The van der Waals surface area contributed by atoms with E-state index in [2.05, 4.69) is 5.32 Å². The van der Waals surface area contributed by atoms with Crippen molar-refractivity contribution in [3.8, 4) is 0 Å². The van der Waals surface area contributed by atoms with E-state index in [1.54, 1.807) is 0 Å². The Balaban J connectivity index is 1.12. The van der Waals surface area contributed by atoms with Gasteiger partial charge < -0.3 is 14.5 Å². The summed E-state index contributed by atoms with van der Waals surface area (Å²) in [5, 5.41) is 4.43. The molecule has 5 aromatic carbocycles. The molecule has 2 amide bonds. The molecule has 0 bridgehead atoms. The minimum Gasteiger partial charge on any atom is -0.456 e. The van der Waals surface area contributed by atoms with Gasteiger partial charge in [-0.3, -0.25) is 14.5 Å². The Kier molecular flexibility index (Phi) is 9.34. The van der Waals surface area contributed by atoms with Gasteiger partial charge in [-0.1, -0.05) is 115 Å². The van der Waals surface area contributed by atoms with Crippen LogP contribution in [-0.2, 0) is 31.4 Å². The summed E-state index contributed by atoms with van der Waals surface area (Å²) in [6, 6.07) is 39.6. The summed E-state index contributed by atoms with van der Waals surface area (Å²) in [5.41, 5.74) is 5.09. The molecule has 1 fully saturated rings. The van der Waals surface area contributed by atoms with Gasteiger partial charge >= 0.3 is 5.97 Å². The third-order valence-electron chi connectivity index (χ3n) is 8.98. The van der Waals surface area contributed by atoms with Crippen molar-refractivity contribution in [2.45, 2.75) is 34.7 Å². The van der Waals surface area contributed by atoms with Crippen molar-refractivity contribution in [3.63, 3.8) is 0 Å². The summed E-state index contributed by atoms with van der Waals surface area (Å²) in [4.78, 5) is 44.3. The zero-order chi connectivity index (χ0) is 34.9. The van der Waals surface area contributed by atoms with Gasteiger partial charge in [0.05, 0.1) is 6.42 Å². The number of thioether (sulfide) groups is 2. The molecule has 0 unspecified atom stereocenters. The molecule has 2 aliphatic heterocycles. The number of furan rings is 1. The Hall–Kier alpha value is -4.96. The minimum atomic E-state index is -0.760. The Morgan fingerprint density at radius 2 is 1.47 bits per heavy atom. The molecular formula is C41H31ClN2O5S2. The highest BCUT2D eigenvalue weighted by atomic mass is 35.5. The van der Waals surface area contributed by atoms with Crippen molar-refractivity contribution >= 4 is 74.8 Å². The van der Waals surface area contributed by atoms with Crippen molar-refractivity contribution in [1.29, 1.82) is 0 Å². The molecule has 0 spiro atoms. The number of nitrogens with one attached hydrogen (secondary N) is 1. The van der Waals surface area contributed by atoms with Gasteiger partial charge in [0.2, 0.25) is 5.91 Å². The summed E-state index contributed by atoms with van der Waals surface area (Å²) in [5.74, 6) is -0.382. The number of carbonyl (C=O) groups excluding carboxylic acids is 3. The van der Waals surface area contributed by atoms with E-state index in [1.165, 1.54) is 28.4 Å². The number of halogens is 1. The van der Waals surface area contributed by atoms with Crippen LogP contribution in [0.25, 0.3) is 21.9 Å². The van der Waals surface area contributed by atoms with Crippen LogP contribution in [0.1, 0.15) is 28.4 Å². The maximum absolute atomic E-state index is 14.4. The maximum Gasteiger partial charge on any atom is 0.356 e. The molecule has 6 aromatic rings. The molecule has 0 radical (unpaired) electrons. The number of carbonyl (C=O) groups is 3. The number of ether oxygens (including phenoxy) is 1. The standard InChI is InChI=1S/C41H31ClN2O5S2/c42-23-26-16-18-30-31-19-17-29(22-33(31)48-32(30)20-26)51-34-24-50-40-36(43-35(45)21-25-10-4-1-5-11-25)39(46)44(40)37(34)41(47)49-38(27-12-6-2-7-13-27)28-14-8-3-9-15-28/h1-20,22,36,38,40H,21,23-24H2,(H,43,45)/t36-,40-/m1/s1. The third-order valence-corrected chi connectivity index (χ3v) is 11.8. The number of rotatable bonds is 10. The van der Waals surface area contributed by atoms with E-state index in [0.29, 0.717) is 22.1 Å². The molecule has 8 rings (SSSR count). The van der Waals surface area contributed by atoms with Crippen molar-refractivity contribution in [3.05, 3.63) is 160 Å². The van der Waals surface area contributed by atoms with Crippen molar-refractivity contribution in [2.24, 2.45) is 0 Å². The zero-order valence-corrected chi connectivity index (χ0v) is 29.5. The lowest BCUT2D eigenvalue weighted by atomic mass is 10.0. The highest BCUT2D eigenvalue weighted by Crippen LogP contribution is 2.47. The Morgan fingerprint density at radius 3 is 2.14 bits per heavy atom. The molecule has 3 heterocycles. The number of β-lactam (4-membered cyclic amide) rings is 1. The lowest BCUT2D eigenvalue weighted by Crippen LogP contribution is -2.70. The maximum atomic E-state index is 14.4. The predicted octanol–water partition coefficient (Wildman–Crippen LogP) is 8.60. The van der Waals surface area contributed by atoms with E-state index >= 15 is 0 Å². The zero-order valence-electron chi connectivity index (χ0n) is 27.2. The fourth-order valence-corrected chi connectivity index (χ4v) is 9.17. The summed E-state index contributed by atoms with van der Waals surface area (Å²) in [7, 11) is 0. The largest absolute Gasteiger partial charge is 0.456 e. The number of benzene rings is 5. The normalized spacial score (nSPS) is 17.1. The fourth-order valence-electron chi connectivity index (χ4n) is 6.50. The Morgan fingerprint density at radius 1 is 0.843 bits per heavy atom. The van der Waals surface area contributed by atoms with Gasteiger partial charge in [0.25, 0.3) is 5.91 Å². The number of alkyl halides is 1. The number of esters is 1. The molecule has 51 heavy (non-hydrogen) atoms. The van der Waals surface area contributed by atoms with Crippen LogP contribution < -0.4 is 5.32 Å². The highest BCUT2D eigenvalue weighted by molar-refractivity contribution is 8.06. The van der Waals surface area contributed by atoms with Crippen LogP contribution in [0.4, 0.5) is 0 Å². The smallest absolute Gasteiger partial charge is 0.356 e. The average molecular weight is 731 g/mol. The Bertz CT molecular complexity index is 2260. The summed E-state index contributed by atoms with van der Waals surface area (Å²) in [6.07, 6.45) is -0.546. The first-order valence-corrected chi connectivity index (χ1v) is 18.9. The SMILES string of the molecule is O=C(Cc1ccccc1)N[C@@H]1C(=O)N2C(C(=O)OC(c3ccccc3)c3ccccc3)=C(Sc3ccc4c(c3)oc3cc(CCl)ccc34)CS[C@H]12. The van der Waals surface area contributed by atoms with Crippen molar-refractivity contribution in [1.82, 2.24) is 10.2 Å². The van der Waals surface area contributed by atoms with Crippen LogP contribution in [-0.4, -0.2) is 39.9 Å². The fraction of sp³-hybridized carbons (Fsp3) is 0.146. The second-order valence-corrected chi connectivity index (χ2v) is 14.9. The van der Waals surface area contributed by atoms with Crippen LogP contribution in [0.5, 0.6) is 0 Å². The van der Waals surface area contributed by atoms with Crippen LogP contribution in [0.15, 0.2) is 147 Å². The quantitative estimate of drug-likeness (QED) is 0.0858. The molecule has 1 aromatic heterocycles. The molecule has 254 valence electrons. The van der Waals surface area contributed by atoms with Crippen LogP contribution in [0.3, 0.4) is 0 Å². The van der Waals surface area contributed by atoms with E-state index in [-0.39, 0.29) is 23.9 Å². The third kappa shape index (κ3) is 6.65. The number of nitrogens with zero attached hydrogens (tertiary/aromatic N) is 1. The van der Waals surface area contributed by atoms with Gasteiger partial charge in [-0.2, -0.15) is 0 Å². The van der Waals surface area contributed by atoms with Crippen LogP contribution >= 0.6 is 35.1 Å².